The average molecular weight is 297 g/mol. The lowest BCUT2D eigenvalue weighted by Gasteiger charge is -2.17. The number of rotatable bonds is 3. The number of pyridine rings is 1. The number of aryl methyl sites for hydroxylation is 1. The number of amides is 1. The maximum absolute atomic E-state index is 12.6. The van der Waals surface area contributed by atoms with Gasteiger partial charge in [0.25, 0.3) is 5.91 Å². The molecule has 1 amide bonds. The van der Waals surface area contributed by atoms with Gasteiger partial charge < -0.3 is 9.88 Å². The Kier molecular flexibility index (Phi) is 4.56. The molecule has 1 saturated carbocycles. The Bertz CT molecular complexity index is 639. The Hall–Kier alpha value is -2.10. The van der Waals surface area contributed by atoms with Crippen molar-refractivity contribution in [1.82, 2.24) is 14.9 Å². The molecule has 3 rings (SSSR count). The molecule has 0 saturated heterocycles. The zero-order chi connectivity index (χ0) is 15.4. The van der Waals surface area contributed by atoms with Crippen molar-refractivity contribution < 1.29 is 4.79 Å². The van der Waals surface area contributed by atoms with E-state index in [0.29, 0.717) is 11.7 Å². The van der Waals surface area contributed by atoms with Gasteiger partial charge in [-0.25, -0.2) is 0 Å². The van der Waals surface area contributed by atoms with Gasteiger partial charge in [-0.3, -0.25) is 9.78 Å². The number of hydrogen-bond donors (Lipinski definition) is 1. The second-order valence-corrected chi connectivity index (χ2v) is 6.03. The molecule has 1 aliphatic rings. The fraction of sp³-hybridized carbons (Fsp3) is 0.444. The van der Waals surface area contributed by atoms with E-state index in [2.05, 4.69) is 10.3 Å². The SMILES string of the molecule is Cc1ncccc1-n1cccc1C(=O)NC1CCCCCC1. The smallest absolute Gasteiger partial charge is 0.268 e. The van der Waals surface area contributed by atoms with Crippen LogP contribution in [0.1, 0.15) is 54.7 Å². The molecule has 22 heavy (non-hydrogen) atoms. The van der Waals surface area contributed by atoms with Crippen LogP contribution in [0.4, 0.5) is 0 Å². The standard InChI is InChI=1S/C18H23N3O/c1-14-16(10-6-12-19-14)21-13-7-11-17(21)18(22)20-15-8-4-2-3-5-9-15/h6-7,10-13,15H,2-5,8-9H2,1H3,(H,20,22). The summed E-state index contributed by atoms with van der Waals surface area (Å²) in [5.41, 5.74) is 2.56. The van der Waals surface area contributed by atoms with E-state index >= 15 is 0 Å². The Morgan fingerprint density at radius 3 is 2.68 bits per heavy atom. The Morgan fingerprint density at radius 2 is 1.95 bits per heavy atom. The summed E-state index contributed by atoms with van der Waals surface area (Å²) in [4.78, 5) is 17.0. The van der Waals surface area contributed by atoms with Gasteiger partial charge in [0.15, 0.2) is 0 Å². The van der Waals surface area contributed by atoms with Crippen molar-refractivity contribution >= 4 is 5.91 Å². The number of carbonyl (C=O) groups is 1. The minimum Gasteiger partial charge on any atom is -0.348 e. The van der Waals surface area contributed by atoms with Crippen LogP contribution in [0, 0.1) is 6.92 Å². The number of hydrogen-bond acceptors (Lipinski definition) is 2. The minimum atomic E-state index is 0.0140. The molecule has 0 bridgehead atoms. The van der Waals surface area contributed by atoms with Gasteiger partial charge in [0.2, 0.25) is 0 Å². The summed E-state index contributed by atoms with van der Waals surface area (Å²) in [6, 6.07) is 7.99. The summed E-state index contributed by atoms with van der Waals surface area (Å²) in [6.45, 7) is 1.96. The molecule has 2 aromatic heterocycles. The lowest BCUT2D eigenvalue weighted by molar-refractivity contribution is 0.0926. The summed E-state index contributed by atoms with van der Waals surface area (Å²) in [7, 11) is 0. The molecule has 0 radical (unpaired) electrons. The molecule has 1 N–H and O–H groups in total. The molecule has 4 heteroatoms. The summed E-state index contributed by atoms with van der Waals surface area (Å²) in [6.07, 6.45) is 10.9. The highest BCUT2D eigenvalue weighted by molar-refractivity contribution is 5.93. The number of nitrogens with one attached hydrogen (secondary N) is 1. The first-order chi connectivity index (χ1) is 10.8. The Morgan fingerprint density at radius 1 is 1.18 bits per heavy atom. The summed E-state index contributed by atoms with van der Waals surface area (Å²) < 4.78 is 1.92. The Balaban J connectivity index is 1.79. The van der Waals surface area contributed by atoms with E-state index in [1.165, 1.54) is 25.7 Å². The van der Waals surface area contributed by atoms with Gasteiger partial charge in [-0.05, 0) is 44.0 Å². The fourth-order valence-corrected chi connectivity index (χ4v) is 3.19. The van der Waals surface area contributed by atoms with Crippen molar-refractivity contribution in [3.05, 3.63) is 48.0 Å². The van der Waals surface area contributed by atoms with E-state index in [9.17, 15) is 4.79 Å². The highest BCUT2D eigenvalue weighted by Crippen LogP contribution is 2.19. The van der Waals surface area contributed by atoms with Crippen LogP contribution in [0.5, 0.6) is 0 Å². The van der Waals surface area contributed by atoms with Gasteiger partial charge in [-0.15, -0.1) is 0 Å². The lowest BCUT2D eigenvalue weighted by Crippen LogP contribution is -2.35. The molecule has 2 heterocycles. The third-order valence-corrected chi connectivity index (χ3v) is 4.41. The predicted octanol–water partition coefficient (Wildman–Crippen LogP) is 3.63. The maximum Gasteiger partial charge on any atom is 0.268 e. The molecule has 0 aliphatic heterocycles. The second-order valence-electron chi connectivity index (χ2n) is 6.03. The van der Waals surface area contributed by atoms with Crippen molar-refractivity contribution in [2.24, 2.45) is 0 Å². The van der Waals surface area contributed by atoms with E-state index in [-0.39, 0.29) is 5.91 Å². The molecule has 1 aliphatic carbocycles. The number of nitrogens with zero attached hydrogens (tertiary/aromatic N) is 2. The van der Waals surface area contributed by atoms with Gasteiger partial charge in [0.05, 0.1) is 11.4 Å². The van der Waals surface area contributed by atoms with Gasteiger partial charge in [-0.2, -0.15) is 0 Å². The monoisotopic (exact) mass is 297 g/mol. The van der Waals surface area contributed by atoms with Gasteiger partial charge in [0, 0.05) is 18.4 Å². The maximum atomic E-state index is 12.6. The number of aromatic nitrogens is 2. The lowest BCUT2D eigenvalue weighted by atomic mass is 10.1. The van der Waals surface area contributed by atoms with E-state index < -0.39 is 0 Å². The Labute approximate surface area is 131 Å². The van der Waals surface area contributed by atoms with Crippen LogP contribution in [0.2, 0.25) is 0 Å². The molecular weight excluding hydrogens is 274 g/mol. The van der Waals surface area contributed by atoms with Crippen LogP contribution < -0.4 is 5.32 Å². The first kappa shape index (κ1) is 14.8. The molecule has 4 nitrogen and oxygen atoms in total. The predicted molar refractivity (Wildman–Crippen MR) is 87.3 cm³/mol. The van der Waals surface area contributed by atoms with Crippen LogP contribution in [-0.4, -0.2) is 21.5 Å². The average Bonchev–Trinajstić information content (AvgIpc) is 2.86. The van der Waals surface area contributed by atoms with Crippen LogP contribution >= 0.6 is 0 Å². The fourth-order valence-electron chi connectivity index (χ4n) is 3.19. The normalized spacial score (nSPS) is 16.2. The quantitative estimate of drug-likeness (QED) is 0.879. The van der Waals surface area contributed by atoms with Crippen LogP contribution in [0.25, 0.3) is 5.69 Å². The minimum absolute atomic E-state index is 0.0140. The summed E-state index contributed by atoms with van der Waals surface area (Å²) in [5.74, 6) is 0.0140. The molecule has 116 valence electrons. The first-order valence-corrected chi connectivity index (χ1v) is 8.16. The summed E-state index contributed by atoms with van der Waals surface area (Å²) >= 11 is 0. The topological polar surface area (TPSA) is 46.9 Å². The van der Waals surface area contributed by atoms with Crippen molar-refractivity contribution in [1.29, 1.82) is 0 Å². The highest BCUT2D eigenvalue weighted by Gasteiger charge is 2.18. The molecule has 1 fully saturated rings. The van der Waals surface area contributed by atoms with Crippen molar-refractivity contribution in [2.45, 2.75) is 51.5 Å². The molecule has 0 unspecified atom stereocenters. The number of carbonyl (C=O) groups excluding carboxylic acids is 1. The zero-order valence-electron chi connectivity index (χ0n) is 13.1. The van der Waals surface area contributed by atoms with Crippen molar-refractivity contribution in [2.75, 3.05) is 0 Å². The molecule has 0 aromatic carbocycles. The molecule has 0 spiro atoms. The van der Waals surface area contributed by atoms with E-state index in [1.807, 2.05) is 42.0 Å². The van der Waals surface area contributed by atoms with Gasteiger partial charge >= 0.3 is 0 Å². The molecule has 2 aromatic rings. The molecule has 0 atom stereocenters. The summed E-state index contributed by atoms with van der Waals surface area (Å²) in [5, 5.41) is 3.21. The van der Waals surface area contributed by atoms with Crippen molar-refractivity contribution in [3.8, 4) is 5.69 Å². The highest BCUT2D eigenvalue weighted by atomic mass is 16.2. The largest absolute Gasteiger partial charge is 0.348 e. The van der Waals surface area contributed by atoms with Crippen molar-refractivity contribution in [3.63, 3.8) is 0 Å². The van der Waals surface area contributed by atoms with Gasteiger partial charge in [0.1, 0.15) is 5.69 Å². The zero-order valence-corrected chi connectivity index (χ0v) is 13.1. The van der Waals surface area contributed by atoms with E-state index in [1.54, 1.807) is 6.20 Å². The van der Waals surface area contributed by atoms with Gasteiger partial charge in [-0.1, -0.05) is 25.7 Å². The third kappa shape index (κ3) is 3.21. The van der Waals surface area contributed by atoms with E-state index in [0.717, 1.165) is 24.2 Å². The van der Waals surface area contributed by atoms with Crippen LogP contribution in [-0.2, 0) is 0 Å². The van der Waals surface area contributed by atoms with Crippen LogP contribution in [0.15, 0.2) is 36.7 Å². The van der Waals surface area contributed by atoms with Crippen LogP contribution in [0.3, 0.4) is 0 Å². The second kappa shape index (κ2) is 6.77. The molecular formula is C18H23N3O. The first-order valence-electron chi connectivity index (χ1n) is 8.16. The third-order valence-electron chi connectivity index (χ3n) is 4.41. The van der Waals surface area contributed by atoms with E-state index in [4.69, 9.17) is 0 Å².